The van der Waals surface area contributed by atoms with E-state index in [9.17, 15) is 0 Å². The zero-order valence-electron chi connectivity index (χ0n) is 29.8. The minimum absolute atomic E-state index is 0.835. The Balaban J connectivity index is 1.14. The normalized spacial score (nSPS) is 11.6. The third-order valence-corrected chi connectivity index (χ3v) is 10.9. The van der Waals surface area contributed by atoms with E-state index < -0.39 is 0 Å². The maximum atomic E-state index is 7.08. The van der Waals surface area contributed by atoms with Crippen LogP contribution in [0.3, 0.4) is 0 Å². The van der Waals surface area contributed by atoms with Gasteiger partial charge in [0.15, 0.2) is 5.58 Å². The quantitative estimate of drug-likeness (QED) is 0.173. The van der Waals surface area contributed by atoms with Gasteiger partial charge >= 0.3 is 0 Å². The lowest BCUT2D eigenvalue weighted by atomic mass is 9.93. The number of furan rings is 2. The zero-order valence-corrected chi connectivity index (χ0v) is 29.8. The molecule has 0 spiro atoms. The Hall–Kier alpha value is -7.36. The van der Waals surface area contributed by atoms with Gasteiger partial charge in [-0.25, -0.2) is 0 Å². The minimum atomic E-state index is 0.835. The molecule has 0 aliphatic rings. The van der Waals surface area contributed by atoms with E-state index in [0.717, 1.165) is 77.3 Å². The lowest BCUT2D eigenvalue weighted by Gasteiger charge is -2.26. The van der Waals surface area contributed by atoms with E-state index in [1.807, 2.05) is 12.1 Å². The molecule has 0 fully saturated rings. The number of fused-ring (bicyclic) bond motifs is 8. The second-order valence-electron chi connectivity index (χ2n) is 14.1. The van der Waals surface area contributed by atoms with Crippen LogP contribution in [0.25, 0.3) is 88.0 Å². The lowest BCUT2D eigenvalue weighted by molar-refractivity contribution is 0.669. The number of hydrogen-bond acceptors (Lipinski definition) is 3. The Morgan fingerprint density at radius 2 is 0.855 bits per heavy atom. The van der Waals surface area contributed by atoms with Crippen LogP contribution in [-0.4, -0.2) is 0 Å². The topological polar surface area (TPSA) is 29.5 Å². The second kappa shape index (κ2) is 12.6. The standard InChI is InChI=1S/C52H33NO2/c1-3-13-34(14-4-1)36-25-27-39(28-26-36)53(40-29-30-50-46(32-40)42-20-9-10-24-49(42)54-50)48-23-12-22-44-47-33-45(41-19-7-8-21-43(41)51(47)55-52(44)48)38-18-11-17-37(31-38)35-15-5-2-6-16-35/h1-33H. The molecular formula is C52H33NO2. The van der Waals surface area contributed by atoms with E-state index >= 15 is 0 Å². The zero-order chi connectivity index (χ0) is 36.3. The fraction of sp³-hybridized carbons (Fsp3) is 0. The number of rotatable bonds is 6. The fourth-order valence-electron chi connectivity index (χ4n) is 8.23. The largest absolute Gasteiger partial charge is 0.456 e. The number of hydrogen-bond donors (Lipinski definition) is 0. The van der Waals surface area contributed by atoms with E-state index in [1.54, 1.807) is 0 Å². The van der Waals surface area contributed by atoms with Gasteiger partial charge in [0.25, 0.3) is 0 Å². The predicted molar refractivity (Wildman–Crippen MR) is 229 cm³/mol. The fourth-order valence-corrected chi connectivity index (χ4v) is 8.23. The molecule has 11 aromatic rings. The van der Waals surface area contributed by atoms with Crippen LogP contribution in [0.2, 0.25) is 0 Å². The van der Waals surface area contributed by atoms with Gasteiger partial charge in [0.1, 0.15) is 16.7 Å². The third-order valence-electron chi connectivity index (χ3n) is 10.9. The Morgan fingerprint density at radius 3 is 1.65 bits per heavy atom. The monoisotopic (exact) mass is 703 g/mol. The van der Waals surface area contributed by atoms with E-state index in [-0.39, 0.29) is 0 Å². The first kappa shape index (κ1) is 31.2. The lowest BCUT2D eigenvalue weighted by Crippen LogP contribution is -2.10. The Morgan fingerprint density at radius 1 is 0.291 bits per heavy atom. The smallest absolute Gasteiger partial charge is 0.159 e. The molecule has 0 N–H and O–H groups in total. The number of anilines is 3. The van der Waals surface area contributed by atoms with Crippen LogP contribution in [0.5, 0.6) is 0 Å². The first-order valence-corrected chi connectivity index (χ1v) is 18.7. The number of nitrogens with zero attached hydrogens (tertiary/aromatic N) is 1. The Kier molecular flexibility index (Phi) is 7.17. The molecule has 258 valence electrons. The first-order valence-electron chi connectivity index (χ1n) is 18.7. The van der Waals surface area contributed by atoms with Crippen LogP contribution in [0.15, 0.2) is 209 Å². The van der Waals surface area contributed by atoms with Crippen LogP contribution in [0.1, 0.15) is 0 Å². The summed E-state index contributed by atoms with van der Waals surface area (Å²) < 4.78 is 13.3. The second-order valence-corrected chi connectivity index (χ2v) is 14.1. The summed E-state index contributed by atoms with van der Waals surface area (Å²) in [5.41, 5.74) is 13.6. The van der Waals surface area contributed by atoms with Gasteiger partial charge in [-0.1, -0.05) is 146 Å². The van der Waals surface area contributed by atoms with Crippen molar-refractivity contribution in [1.82, 2.24) is 0 Å². The molecule has 2 aromatic heterocycles. The van der Waals surface area contributed by atoms with E-state index in [1.165, 1.54) is 27.8 Å². The molecule has 0 radical (unpaired) electrons. The van der Waals surface area contributed by atoms with Crippen molar-refractivity contribution < 1.29 is 8.83 Å². The molecule has 2 heterocycles. The highest BCUT2D eigenvalue weighted by atomic mass is 16.3. The van der Waals surface area contributed by atoms with Crippen LogP contribution in [0, 0.1) is 0 Å². The van der Waals surface area contributed by atoms with E-state index in [4.69, 9.17) is 8.83 Å². The summed E-state index contributed by atoms with van der Waals surface area (Å²) in [6, 6.07) is 70.9. The summed E-state index contributed by atoms with van der Waals surface area (Å²) in [4.78, 5) is 2.31. The van der Waals surface area contributed by atoms with Crippen molar-refractivity contribution >= 4 is 71.7 Å². The van der Waals surface area contributed by atoms with Crippen molar-refractivity contribution in [2.45, 2.75) is 0 Å². The summed E-state index contributed by atoms with van der Waals surface area (Å²) in [6.07, 6.45) is 0. The van der Waals surface area contributed by atoms with Gasteiger partial charge in [0.2, 0.25) is 0 Å². The number of benzene rings is 9. The highest BCUT2D eigenvalue weighted by Gasteiger charge is 2.22. The van der Waals surface area contributed by atoms with Crippen molar-refractivity contribution in [3.05, 3.63) is 200 Å². The molecule has 0 saturated carbocycles. The first-order chi connectivity index (χ1) is 27.3. The third kappa shape index (κ3) is 5.20. The molecule has 0 aliphatic heterocycles. The SMILES string of the molecule is c1ccc(-c2ccc(N(c3ccc4oc5ccccc5c4c3)c3cccc4c3oc3c5ccccc5c(-c5cccc(-c6ccccc6)c5)cc43)cc2)cc1. The number of para-hydroxylation sites is 2. The van der Waals surface area contributed by atoms with Crippen molar-refractivity contribution in [2.24, 2.45) is 0 Å². The molecule has 11 rings (SSSR count). The van der Waals surface area contributed by atoms with Crippen molar-refractivity contribution in [1.29, 1.82) is 0 Å². The summed E-state index contributed by atoms with van der Waals surface area (Å²) in [5.74, 6) is 0. The molecule has 0 aliphatic carbocycles. The molecule has 0 saturated heterocycles. The minimum Gasteiger partial charge on any atom is -0.456 e. The van der Waals surface area contributed by atoms with Gasteiger partial charge in [0.05, 0.1) is 5.69 Å². The Bertz CT molecular complexity index is 3190. The molecule has 0 atom stereocenters. The highest BCUT2D eigenvalue weighted by Crippen LogP contribution is 2.46. The maximum Gasteiger partial charge on any atom is 0.159 e. The van der Waals surface area contributed by atoms with Crippen LogP contribution < -0.4 is 4.90 Å². The van der Waals surface area contributed by atoms with Gasteiger partial charge in [0, 0.05) is 38.3 Å². The summed E-state index contributed by atoms with van der Waals surface area (Å²) in [7, 11) is 0. The van der Waals surface area contributed by atoms with Crippen LogP contribution in [-0.2, 0) is 0 Å². The van der Waals surface area contributed by atoms with Crippen molar-refractivity contribution in [3.63, 3.8) is 0 Å². The molecule has 0 unspecified atom stereocenters. The average Bonchev–Trinajstić information content (AvgIpc) is 3.83. The maximum absolute atomic E-state index is 7.08. The van der Waals surface area contributed by atoms with Gasteiger partial charge in [-0.05, 0) is 93.4 Å². The molecule has 0 amide bonds. The Labute approximate surface area is 317 Å². The molecule has 3 nitrogen and oxygen atoms in total. The summed E-state index contributed by atoms with van der Waals surface area (Å²) in [6.45, 7) is 0. The van der Waals surface area contributed by atoms with Gasteiger partial charge in [-0.15, -0.1) is 0 Å². The summed E-state index contributed by atoms with van der Waals surface area (Å²) >= 11 is 0. The van der Waals surface area contributed by atoms with E-state index in [2.05, 4.69) is 193 Å². The van der Waals surface area contributed by atoms with Crippen LogP contribution in [0.4, 0.5) is 17.1 Å². The van der Waals surface area contributed by atoms with Crippen molar-refractivity contribution in [3.8, 4) is 33.4 Å². The average molecular weight is 704 g/mol. The molecule has 9 aromatic carbocycles. The molecular weight excluding hydrogens is 671 g/mol. The van der Waals surface area contributed by atoms with E-state index in [0.29, 0.717) is 0 Å². The van der Waals surface area contributed by atoms with Crippen LogP contribution >= 0.6 is 0 Å². The van der Waals surface area contributed by atoms with Crippen molar-refractivity contribution in [2.75, 3.05) is 4.90 Å². The molecule has 55 heavy (non-hydrogen) atoms. The predicted octanol–water partition coefficient (Wildman–Crippen LogP) is 15.1. The van der Waals surface area contributed by atoms with Gasteiger partial charge in [-0.3, -0.25) is 0 Å². The molecule has 0 bridgehead atoms. The van der Waals surface area contributed by atoms with Gasteiger partial charge < -0.3 is 13.7 Å². The molecule has 3 heteroatoms. The van der Waals surface area contributed by atoms with Gasteiger partial charge in [-0.2, -0.15) is 0 Å². The highest BCUT2D eigenvalue weighted by molar-refractivity contribution is 6.21. The summed E-state index contributed by atoms with van der Waals surface area (Å²) in [5, 5.41) is 6.57.